The first kappa shape index (κ1) is 12.8. The van der Waals surface area contributed by atoms with Gasteiger partial charge in [-0.2, -0.15) is 0 Å². The average Bonchev–Trinajstić information content (AvgIpc) is 2.92. The molecule has 1 aliphatic rings. The van der Waals surface area contributed by atoms with Crippen LogP contribution in [0.1, 0.15) is 29.3 Å². The quantitative estimate of drug-likeness (QED) is 0.918. The maximum absolute atomic E-state index is 10.8. The van der Waals surface area contributed by atoms with Gasteiger partial charge < -0.3 is 5.11 Å². The Labute approximate surface area is 123 Å². The van der Waals surface area contributed by atoms with Crippen molar-refractivity contribution in [3.05, 3.63) is 39.3 Å². The van der Waals surface area contributed by atoms with E-state index in [1.807, 2.05) is 24.3 Å². The zero-order chi connectivity index (χ0) is 13.4. The Hall–Kier alpha value is -1.20. The lowest BCUT2D eigenvalue weighted by Gasteiger charge is -2.04. The van der Waals surface area contributed by atoms with E-state index in [1.165, 1.54) is 4.88 Å². The van der Waals surface area contributed by atoms with Crippen LogP contribution >= 0.6 is 27.3 Å². The van der Waals surface area contributed by atoms with Crippen LogP contribution in [0.3, 0.4) is 0 Å². The topological polar surface area (TPSA) is 50.2 Å². The Kier molecular flexibility index (Phi) is 3.41. The smallest absolute Gasteiger partial charge is 0.304 e. The predicted molar refractivity (Wildman–Crippen MR) is 78.6 cm³/mol. The average molecular weight is 338 g/mol. The van der Waals surface area contributed by atoms with Gasteiger partial charge in [0.1, 0.15) is 5.01 Å². The van der Waals surface area contributed by atoms with E-state index in [2.05, 4.69) is 20.9 Å². The fraction of sp³-hybridized carbons (Fsp3) is 0.286. The first-order valence-corrected chi connectivity index (χ1v) is 7.72. The molecule has 98 valence electrons. The van der Waals surface area contributed by atoms with Gasteiger partial charge in [-0.25, -0.2) is 4.98 Å². The fourth-order valence-electron chi connectivity index (χ4n) is 2.43. The lowest BCUT2D eigenvalue weighted by Crippen LogP contribution is -2.03. The molecule has 1 atom stereocenters. The number of aryl methyl sites for hydroxylation is 1. The zero-order valence-corrected chi connectivity index (χ0v) is 12.5. The highest BCUT2D eigenvalue weighted by Crippen LogP contribution is 2.41. The van der Waals surface area contributed by atoms with Crippen LogP contribution in [-0.4, -0.2) is 16.1 Å². The number of halogens is 1. The van der Waals surface area contributed by atoms with E-state index < -0.39 is 5.97 Å². The molecule has 0 spiro atoms. The number of rotatable bonds is 3. The monoisotopic (exact) mass is 337 g/mol. The largest absolute Gasteiger partial charge is 0.481 e. The number of carbonyl (C=O) groups is 1. The van der Waals surface area contributed by atoms with Crippen molar-refractivity contribution in [3.63, 3.8) is 0 Å². The summed E-state index contributed by atoms with van der Waals surface area (Å²) in [5.74, 6) is -0.649. The van der Waals surface area contributed by atoms with Gasteiger partial charge in [0.15, 0.2) is 0 Å². The predicted octanol–water partition coefficient (Wildman–Crippen LogP) is 4.08. The summed E-state index contributed by atoms with van der Waals surface area (Å²) >= 11 is 5.11. The van der Waals surface area contributed by atoms with Gasteiger partial charge in [-0.05, 0) is 25.0 Å². The van der Waals surface area contributed by atoms with Crippen LogP contribution in [0.15, 0.2) is 28.7 Å². The van der Waals surface area contributed by atoms with Gasteiger partial charge in [-0.3, -0.25) is 4.79 Å². The number of carboxylic acids is 1. The standard InChI is InChI=1S/C14H12BrNO2S/c15-10-4-1-8(2-5-10)14-16-13-9(7-12(17)18)3-6-11(13)19-14/h1-2,4-5,9H,3,6-7H2,(H,17,18). The molecular weight excluding hydrogens is 326 g/mol. The highest BCUT2D eigenvalue weighted by atomic mass is 79.9. The van der Waals surface area contributed by atoms with E-state index in [1.54, 1.807) is 11.3 Å². The number of hydrogen-bond acceptors (Lipinski definition) is 3. The molecule has 0 aliphatic heterocycles. The Bertz CT molecular complexity index is 621. The molecule has 0 fully saturated rings. The molecule has 0 radical (unpaired) electrons. The van der Waals surface area contributed by atoms with Crippen LogP contribution in [0.4, 0.5) is 0 Å². The maximum atomic E-state index is 10.8. The molecule has 1 aliphatic carbocycles. The molecule has 1 heterocycles. The summed E-state index contributed by atoms with van der Waals surface area (Å²) < 4.78 is 1.05. The number of carboxylic acid groups (broad SMARTS) is 1. The second kappa shape index (κ2) is 5.06. The number of nitrogens with zero attached hydrogens (tertiary/aromatic N) is 1. The molecule has 19 heavy (non-hydrogen) atoms. The molecule has 1 N–H and O–H groups in total. The minimum Gasteiger partial charge on any atom is -0.481 e. The molecule has 3 rings (SSSR count). The molecule has 1 aromatic carbocycles. The van der Waals surface area contributed by atoms with Crippen molar-refractivity contribution in [2.24, 2.45) is 0 Å². The van der Waals surface area contributed by atoms with Gasteiger partial charge in [0.25, 0.3) is 0 Å². The Morgan fingerprint density at radius 2 is 2.16 bits per heavy atom. The lowest BCUT2D eigenvalue weighted by atomic mass is 10.0. The first-order chi connectivity index (χ1) is 9.13. The number of fused-ring (bicyclic) bond motifs is 1. The van der Waals surface area contributed by atoms with Crippen LogP contribution in [0.2, 0.25) is 0 Å². The van der Waals surface area contributed by atoms with E-state index >= 15 is 0 Å². The van der Waals surface area contributed by atoms with Crippen LogP contribution in [0.5, 0.6) is 0 Å². The number of aromatic nitrogens is 1. The third-order valence-corrected chi connectivity index (χ3v) is 5.05. The third kappa shape index (κ3) is 2.58. The van der Waals surface area contributed by atoms with Crippen LogP contribution in [-0.2, 0) is 11.2 Å². The maximum Gasteiger partial charge on any atom is 0.304 e. The summed E-state index contributed by atoms with van der Waals surface area (Å²) in [6.45, 7) is 0. The van der Waals surface area contributed by atoms with Crippen molar-refractivity contribution in [1.82, 2.24) is 4.98 Å². The van der Waals surface area contributed by atoms with Gasteiger partial charge in [-0.15, -0.1) is 11.3 Å². The normalized spacial score (nSPS) is 17.4. The second-order valence-corrected chi connectivity index (χ2v) is 6.67. The number of aliphatic carboxylic acids is 1. The third-order valence-electron chi connectivity index (χ3n) is 3.35. The molecule has 3 nitrogen and oxygen atoms in total. The summed E-state index contributed by atoms with van der Waals surface area (Å²) in [4.78, 5) is 16.8. The van der Waals surface area contributed by atoms with E-state index in [-0.39, 0.29) is 12.3 Å². The molecule has 0 bridgehead atoms. The Balaban J connectivity index is 1.91. The summed E-state index contributed by atoms with van der Waals surface area (Å²) in [7, 11) is 0. The van der Waals surface area contributed by atoms with Crippen LogP contribution in [0.25, 0.3) is 10.6 Å². The highest BCUT2D eigenvalue weighted by Gasteiger charge is 2.28. The van der Waals surface area contributed by atoms with E-state index in [0.29, 0.717) is 0 Å². The molecule has 1 unspecified atom stereocenters. The van der Waals surface area contributed by atoms with Gasteiger partial charge in [0.05, 0.1) is 12.1 Å². The van der Waals surface area contributed by atoms with Crippen molar-refractivity contribution < 1.29 is 9.90 Å². The summed E-state index contributed by atoms with van der Waals surface area (Å²) in [5, 5.41) is 9.92. The Morgan fingerprint density at radius 3 is 2.84 bits per heavy atom. The second-order valence-electron chi connectivity index (χ2n) is 4.67. The van der Waals surface area contributed by atoms with Gasteiger partial charge >= 0.3 is 5.97 Å². The minimum atomic E-state index is -0.740. The number of benzene rings is 1. The zero-order valence-electron chi connectivity index (χ0n) is 10.1. The van der Waals surface area contributed by atoms with Crippen molar-refractivity contribution >= 4 is 33.2 Å². The van der Waals surface area contributed by atoms with E-state index in [9.17, 15) is 4.79 Å². The number of thiazole rings is 1. The first-order valence-electron chi connectivity index (χ1n) is 6.11. The van der Waals surface area contributed by atoms with E-state index in [0.717, 1.165) is 33.6 Å². The SMILES string of the molecule is O=C(O)CC1CCc2sc(-c3ccc(Br)cc3)nc21. The molecule has 5 heteroatoms. The van der Waals surface area contributed by atoms with Gasteiger partial charge in [-0.1, -0.05) is 28.1 Å². The minimum absolute atomic E-state index is 0.0907. The van der Waals surface area contributed by atoms with Gasteiger partial charge in [0.2, 0.25) is 0 Å². The Morgan fingerprint density at radius 1 is 1.42 bits per heavy atom. The van der Waals surface area contributed by atoms with Crippen molar-refractivity contribution in [1.29, 1.82) is 0 Å². The van der Waals surface area contributed by atoms with E-state index in [4.69, 9.17) is 5.11 Å². The molecule has 0 saturated heterocycles. The molecule has 1 aromatic heterocycles. The molecule has 2 aromatic rings. The number of hydrogen-bond donors (Lipinski definition) is 1. The van der Waals surface area contributed by atoms with Crippen molar-refractivity contribution in [3.8, 4) is 10.6 Å². The van der Waals surface area contributed by atoms with Crippen molar-refractivity contribution in [2.45, 2.75) is 25.2 Å². The van der Waals surface area contributed by atoms with Crippen LogP contribution in [0, 0.1) is 0 Å². The summed E-state index contributed by atoms with van der Waals surface area (Å²) in [6.07, 6.45) is 2.07. The molecule has 0 saturated carbocycles. The van der Waals surface area contributed by atoms with Crippen molar-refractivity contribution in [2.75, 3.05) is 0 Å². The van der Waals surface area contributed by atoms with Gasteiger partial charge in [0, 0.05) is 20.8 Å². The summed E-state index contributed by atoms with van der Waals surface area (Å²) in [6, 6.07) is 8.06. The molecule has 0 amide bonds. The van der Waals surface area contributed by atoms with Crippen LogP contribution < -0.4 is 0 Å². The lowest BCUT2D eigenvalue weighted by molar-refractivity contribution is -0.137. The highest BCUT2D eigenvalue weighted by molar-refractivity contribution is 9.10. The summed E-state index contributed by atoms with van der Waals surface area (Å²) in [5.41, 5.74) is 2.10. The molecular formula is C14H12BrNO2S. The fourth-order valence-corrected chi connectivity index (χ4v) is 3.86.